The lowest BCUT2D eigenvalue weighted by Gasteiger charge is -2.20. The Kier molecular flexibility index (Phi) is 9.76. The van der Waals surface area contributed by atoms with Crippen molar-refractivity contribution in [1.29, 1.82) is 0 Å². The zero-order chi connectivity index (χ0) is 30.3. The van der Waals surface area contributed by atoms with Crippen molar-refractivity contribution in [1.82, 2.24) is 9.88 Å². The number of aliphatic carboxylic acids is 1. The minimum absolute atomic E-state index is 0.0663. The fourth-order valence-corrected chi connectivity index (χ4v) is 4.08. The standard InChI is InChI=1S/C23H25N3O7.C5H10N2O/c1-12-15(26-22(31)33-23(2,3)4)9-10-16-18(12)20(30)32-21(24-16)25-17(19(28)29)11-13-5-7-14(27)8-6-13;6-5(8)7-3-1-2-4-7/h5-10,17,27H,11H2,1-4H3,(H,24,25)(H,26,31)(H,28,29);1-4H2,(H2,6,8)/t17-;/m0./s1. The van der Waals surface area contributed by atoms with E-state index < -0.39 is 29.3 Å². The van der Waals surface area contributed by atoms with Gasteiger partial charge in [-0.25, -0.2) is 19.2 Å². The van der Waals surface area contributed by atoms with E-state index in [9.17, 15) is 29.4 Å². The lowest BCUT2D eigenvalue weighted by molar-refractivity contribution is -0.137. The second-order valence-corrected chi connectivity index (χ2v) is 10.5. The highest BCUT2D eigenvalue weighted by atomic mass is 16.6. The van der Waals surface area contributed by atoms with Gasteiger partial charge in [0, 0.05) is 25.2 Å². The molecule has 0 unspecified atom stereocenters. The molecule has 2 aromatic carbocycles. The van der Waals surface area contributed by atoms with Crippen LogP contribution in [0.2, 0.25) is 0 Å². The molecule has 2 heterocycles. The number of hydrogen-bond acceptors (Lipinski definition) is 9. The number of nitrogens with zero attached hydrogens (tertiary/aromatic N) is 2. The molecule has 1 aliphatic heterocycles. The molecule has 0 radical (unpaired) electrons. The van der Waals surface area contributed by atoms with E-state index in [0.717, 1.165) is 25.9 Å². The number of phenolic OH excluding ortho intramolecular Hbond substituents is 1. The summed E-state index contributed by atoms with van der Waals surface area (Å²) in [5.74, 6) is -1.10. The second kappa shape index (κ2) is 13.0. The maximum absolute atomic E-state index is 12.7. The van der Waals surface area contributed by atoms with Crippen LogP contribution in [0.5, 0.6) is 5.75 Å². The summed E-state index contributed by atoms with van der Waals surface area (Å²) in [7, 11) is 0. The molecule has 4 rings (SSSR count). The molecular formula is C28H35N5O8. The molecule has 13 nitrogen and oxygen atoms in total. The van der Waals surface area contributed by atoms with Gasteiger partial charge in [-0.3, -0.25) is 5.32 Å². The van der Waals surface area contributed by atoms with Gasteiger partial charge in [-0.15, -0.1) is 0 Å². The molecule has 0 saturated carbocycles. The van der Waals surface area contributed by atoms with Gasteiger partial charge in [-0.2, -0.15) is 4.98 Å². The third-order valence-electron chi connectivity index (χ3n) is 6.08. The van der Waals surface area contributed by atoms with Crippen molar-refractivity contribution < 1.29 is 33.8 Å². The van der Waals surface area contributed by atoms with Crippen LogP contribution in [0.1, 0.15) is 44.7 Å². The summed E-state index contributed by atoms with van der Waals surface area (Å²) >= 11 is 0. The van der Waals surface area contributed by atoms with Crippen molar-refractivity contribution in [3.63, 3.8) is 0 Å². The van der Waals surface area contributed by atoms with Gasteiger partial charge in [0.25, 0.3) is 6.01 Å². The normalized spacial score (nSPS) is 13.6. The minimum atomic E-state index is -1.17. The van der Waals surface area contributed by atoms with E-state index in [2.05, 4.69) is 15.6 Å². The number of phenols is 1. The number of aromatic hydroxyl groups is 1. The van der Waals surface area contributed by atoms with Crippen molar-refractivity contribution in [3.8, 4) is 5.75 Å². The molecule has 0 aliphatic carbocycles. The van der Waals surface area contributed by atoms with Gasteiger partial charge in [0.15, 0.2) is 0 Å². The maximum Gasteiger partial charge on any atom is 0.412 e. The van der Waals surface area contributed by atoms with Crippen LogP contribution in [0.3, 0.4) is 0 Å². The molecule has 3 amide bonds. The SMILES string of the molecule is Cc1c(NC(=O)OC(C)(C)C)ccc2nc(N[C@@H](Cc3ccc(O)cc3)C(=O)O)oc(=O)c12.NC(=O)N1CCCC1. The number of primary amides is 1. The van der Waals surface area contributed by atoms with E-state index in [1.165, 1.54) is 18.2 Å². The summed E-state index contributed by atoms with van der Waals surface area (Å²) in [6, 6.07) is 7.54. The van der Waals surface area contributed by atoms with Crippen LogP contribution in [0, 0.1) is 6.92 Å². The number of ether oxygens (including phenoxy) is 1. The molecule has 13 heteroatoms. The molecule has 1 saturated heterocycles. The molecule has 41 heavy (non-hydrogen) atoms. The fraction of sp³-hybridized carbons (Fsp3) is 0.393. The second-order valence-electron chi connectivity index (χ2n) is 10.5. The predicted molar refractivity (Wildman–Crippen MR) is 152 cm³/mol. The number of amides is 3. The van der Waals surface area contributed by atoms with Crippen molar-refractivity contribution in [2.75, 3.05) is 23.7 Å². The van der Waals surface area contributed by atoms with Crippen LogP contribution in [0.25, 0.3) is 10.9 Å². The number of carboxylic acids is 1. The topological polar surface area (TPSA) is 197 Å². The Bertz CT molecular complexity index is 1460. The van der Waals surface area contributed by atoms with E-state index in [1.54, 1.807) is 50.8 Å². The Morgan fingerprint density at radius 3 is 2.29 bits per heavy atom. The maximum atomic E-state index is 12.7. The lowest BCUT2D eigenvalue weighted by atomic mass is 10.1. The van der Waals surface area contributed by atoms with Crippen LogP contribution < -0.4 is 22.0 Å². The zero-order valence-electron chi connectivity index (χ0n) is 23.4. The van der Waals surface area contributed by atoms with Gasteiger partial charge in [0.2, 0.25) is 0 Å². The number of likely N-dealkylation sites (tertiary alicyclic amines) is 1. The number of aromatic nitrogens is 1. The van der Waals surface area contributed by atoms with Crippen LogP contribution in [-0.2, 0) is 16.0 Å². The zero-order valence-corrected chi connectivity index (χ0v) is 23.4. The van der Waals surface area contributed by atoms with Crippen LogP contribution >= 0.6 is 0 Å². The average Bonchev–Trinajstić information content (AvgIpc) is 3.41. The molecule has 6 N–H and O–H groups in total. The molecule has 1 aliphatic rings. The highest BCUT2D eigenvalue weighted by Gasteiger charge is 2.22. The Morgan fingerprint density at radius 1 is 1.12 bits per heavy atom. The number of carboxylic acid groups (broad SMARTS) is 1. The summed E-state index contributed by atoms with van der Waals surface area (Å²) in [4.78, 5) is 52.7. The van der Waals surface area contributed by atoms with E-state index in [-0.39, 0.29) is 35.1 Å². The number of urea groups is 1. The summed E-state index contributed by atoms with van der Waals surface area (Å²) in [6.45, 7) is 8.55. The Morgan fingerprint density at radius 2 is 1.76 bits per heavy atom. The molecule has 220 valence electrons. The first-order valence-corrected chi connectivity index (χ1v) is 13.0. The summed E-state index contributed by atoms with van der Waals surface area (Å²) in [5.41, 5.74) is 5.29. The molecule has 1 aromatic heterocycles. The molecule has 1 fully saturated rings. The summed E-state index contributed by atoms with van der Waals surface area (Å²) in [6.07, 6.45) is 1.63. The number of carbonyl (C=O) groups is 3. The largest absolute Gasteiger partial charge is 0.508 e. The smallest absolute Gasteiger partial charge is 0.412 e. The quantitative estimate of drug-likeness (QED) is 0.291. The van der Waals surface area contributed by atoms with Gasteiger partial charge in [0.05, 0.1) is 10.9 Å². The van der Waals surface area contributed by atoms with Crippen LogP contribution in [0.4, 0.5) is 21.3 Å². The van der Waals surface area contributed by atoms with Crippen molar-refractivity contribution in [3.05, 3.63) is 57.9 Å². The van der Waals surface area contributed by atoms with Crippen molar-refractivity contribution in [2.45, 2.75) is 58.6 Å². The molecular weight excluding hydrogens is 534 g/mol. The van der Waals surface area contributed by atoms with Gasteiger partial charge in [0.1, 0.15) is 17.4 Å². The average molecular weight is 570 g/mol. The number of anilines is 2. The highest BCUT2D eigenvalue weighted by Crippen LogP contribution is 2.24. The Balaban J connectivity index is 0.000000496. The summed E-state index contributed by atoms with van der Waals surface area (Å²) in [5, 5.41) is 24.3. The van der Waals surface area contributed by atoms with Gasteiger partial charge in [-0.1, -0.05) is 12.1 Å². The third-order valence-corrected chi connectivity index (χ3v) is 6.08. The first-order chi connectivity index (χ1) is 19.2. The van der Waals surface area contributed by atoms with E-state index in [0.29, 0.717) is 16.8 Å². The van der Waals surface area contributed by atoms with E-state index in [4.69, 9.17) is 14.9 Å². The number of benzene rings is 2. The Labute approximate surface area is 236 Å². The number of rotatable bonds is 6. The molecule has 3 aromatic rings. The van der Waals surface area contributed by atoms with Gasteiger partial charge >= 0.3 is 23.7 Å². The fourth-order valence-electron chi connectivity index (χ4n) is 4.08. The van der Waals surface area contributed by atoms with Crippen LogP contribution in [-0.4, -0.2) is 62.9 Å². The number of carbonyl (C=O) groups excluding carboxylic acids is 2. The van der Waals surface area contributed by atoms with Crippen molar-refractivity contribution in [2.24, 2.45) is 5.73 Å². The number of fused-ring (bicyclic) bond motifs is 1. The van der Waals surface area contributed by atoms with E-state index >= 15 is 0 Å². The monoisotopic (exact) mass is 569 g/mol. The van der Waals surface area contributed by atoms with Gasteiger partial charge in [-0.05, 0) is 75.9 Å². The van der Waals surface area contributed by atoms with E-state index in [1.807, 2.05) is 0 Å². The van der Waals surface area contributed by atoms with Crippen molar-refractivity contribution >= 4 is 40.7 Å². The minimum Gasteiger partial charge on any atom is -0.508 e. The van der Waals surface area contributed by atoms with Gasteiger partial charge < -0.3 is 35.3 Å². The highest BCUT2D eigenvalue weighted by molar-refractivity contribution is 5.93. The summed E-state index contributed by atoms with van der Waals surface area (Å²) < 4.78 is 10.5. The molecule has 0 bridgehead atoms. The number of hydrogen-bond donors (Lipinski definition) is 5. The third kappa shape index (κ3) is 8.85. The lowest BCUT2D eigenvalue weighted by Crippen LogP contribution is -2.32. The molecule has 1 atom stereocenters. The number of nitrogens with one attached hydrogen (secondary N) is 2. The first-order valence-electron chi connectivity index (χ1n) is 13.0. The van der Waals surface area contributed by atoms with Crippen LogP contribution in [0.15, 0.2) is 45.6 Å². The Hall–Kier alpha value is -4.81. The number of aryl methyl sites for hydroxylation is 1. The predicted octanol–water partition coefficient (Wildman–Crippen LogP) is 3.82. The number of nitrogens with two attached hydrogens (primary N) is 1. The first kappa shape index (κ1) is 30.7. The molecule has 0 spiro atoms.